The highest BCUT2D eigenvalue weighted by Gasteiger charge is 2.40. The number of nitriles is 2. The summed E-state index contributed by atoms with van der Waals surface area (Å²) >= 11 is 6.91. The number of anilines is 4. The molecule has 0 radical (unpaired) electrons. The number of nitrogens with one attached hydrogen (secondary N) is 2. The Morgan fingerprint density at radius 1 is 1.16 bits per heavy atom. The van der Waals surface area contributed by atoms with Crippen molar-refractivity contribution < 1.29 is 4.79 Å². The molecular weight excluding hydrogens is 492 g/mol. The van der Waals surface area contributed by atoms with E-state index < -0.39 is 0 Å². The summed E-state index contributed by atoms with van der Waals surface area (Å²) in [6.07, 6.45) is 5.37. The second-order valence-electron chi connectivity index (χ2n) is 9.85. The maximum absolute atomic E-state index is 12.0. The van der Waals surface area contributed by atoms with Gasteiger partial charge in [0.1, 0.15) is 6.07 Å². The first-order valence-corrected chi connectivity index (χ1v) is 12.8. The minimum Gasteiger partial charge on any atom is -0.370 e. The third kappa shape index (κ3) is 4.25. The molecule has 2 saturated heterocycles. The lowest BCUT2D eigenvalue weighted by Crippen LogP contribution is -2.47. The lowest BCUT2D eigenvalue weighted by molar-refractivity contribution is -0.130. The first-order valence-electron chi connectivity index (χ1n) is 12.4. The molecule has 12 heteroatoms. The number of hydrogen-bond acceptors (Lipinski definition) is 9. The summed E-state index contributed by atoms with van der Waals surface area (Å²) in [6, 6.07) is 8.39. The Balaban J connectivity index is 1.33. The van der Waals surface area contributed by atoms with Crippen molar-refractivity contribution >= 4 is 46.3 Å². The SMILES string of the molecule is CC(=O)N1CCC2CN(c3cc(C#N)cc(Nc4nc(NC5CC5)c5ncc(C#N)n5n4)c3Cl)CCC21. The van der Waals surface area contributed by atoms with Gasteiger partial charge in [0.15, 0.2) is 17.2 Å². The van der Waals surface area contributed by atoms with E-state index in [1.165, 1.54) is 10.7 Å². The van der Waals surface area contributed by atoms with Gasteiger partial charge in [0.2, 0.25) is 11.9 Å². The lowest BCUT2D eigenvalue weighted by atomic mass is 9.92. The second kappa shape index (κ2) is 9.09. The van der Waals surface area contributed by atoms with Gasteiger partial charge in [-0.15, -0.1) is 5.10 Å². The number of hydrogen-bond donors (Lipinski definition) is 2. The Hall–Kier alpha value is -4.09. The maximum Gasteiger partial charge on any atom is 0.247 e. The molecule has 188 valence electrons. The van der Waals surface area contributed by atoms with E-state index in [4.69, 9.17) is 11.6 Å². The van der Waals surface area contributed by atoms with Crippen LogP contribution in [-0.2, 0) is 4.79 Å². The molecule has 0 bridgehead atoms. The van der Waals surface area contributed by atoms with E-state index in [0.29, 0.717) is 39.7 Å². The van der Waals surface area contributed by atoms with Crippen molar-refractivity contribution in [3.05, 3.63) is 34.6 Å². The molecular formula is C25H25ClN10O. The number of fused-ring (bicyclic) bond motifs is 2. The molecule has 1 saturated carbocycles. The summed E-state index contributed by atoms with van der Waals surface area (Å²) in [5.74, 6) is 1.26. The highest BCUT2D eigenvalue weighted by Crippen LogP contribution is 2.40. The third-order valence-corrected chi connectivity index (χ3v) is 7.80. The van der Waals surface area contributed by atoms with E-state index in [1.54, 1.807) is 19.1 Å². The summed E-state index contributed by atoms with van der Waals surface area (Å²) in [5, 5.41) is 30.7. The standard InChI is InChI=1S/C25H25ClN10O/c1-14(37)35-7-4-16-13-34(6-5-20(16)35)21-9-15(10-27)8-19(22(21)26)31-25-32-23(30-17-2-3-17)24-29-12-18(11-28)36(24)33-25/h8-9,12,16-17,20H,2-7,13H2,1H3,(H2,30,31,32,33). The molecule has 4 heterocycles. The zero-order valence-corrected chi connectivity index (χ0v) is 21.0. The van der Waals surface area contributed by atoms with Gasteiger partial charge in [0, 0.05) is 38.6 Å². The molecule has 1 aromatic carbocycles. The number of halogens is 1. The fourth-order valence-corrected chi connectivity index (χ4v) is 5.71. The molecule has 3 aliphatic rings. The van der Waals surface area contributed by atoms with Gasteiger partial charge in [-0.05, 0) is 43.7 Å². The molecule has 1 amide bonds. The molecule has 2 unspecified atom stereocenters. The molecule has 0 spiro atoms. The summed E-state index contributed by atoms with van der Waals surface area (Å²) in [7, 11) is 0. The molecule has 3 fully saturated rings. The second-order valence-corrected chi connectivity index (χ2v) is 10.2. The quantitative estimate of drug-likeness (QED) is 0.523. The minimum absolute atomic E-state index is 0.127. The van der Waals surface area contributed by atoms with Gasteiger partial charge in [-0.2, -0.15) is 20.0 Å². The molecule has 2 N–H and O–H groups in total. The Morgan fingerprint density at radius 3 is 2.73 bits per heavy atom. The van der Waals surface area contributed by atoms with Crippen molar-refractivity contribution in [1.29, 1.82) is 10.5 Å². The fraction of sp³-hybridized carbons (Fsp3) is 0.440. The number of imidazole rings is 1. The minimum atomic E-state index is 0.127. The Kier molecular flexibility index (Phi) is 5.73. The number of aromatic nitrogens is 4. The molecule has 11 nitrogen and oxygen atoms in total. The van der Waals surface area contributed by atoms with Gasteiger partial charge in [-0.3, -0.25) is 4.79 Å². The van der Waals surface area contributed by atoms with Crippen LogP contribution in [0.5, 0.6) is 0 Å². The van der Waals surface area contributed by atoms with Crippen LogP contribution >= 0.6 is 11.6 Å². The zero-order chi connectivity index (χ0) is 25.7. The zero-order valence-electron chi connectivity index (χ0n) is 20.3. The van der Waals surface area contributed by atoms with Gasteiger partial charge in [0.05, 0.1) is 34.2 Å². The molecule has 2 aliphatic heterocycles. The largest absolute Gasteiger partial charge is 0.370 e. The van der Waals surface area contributed by atoms with Crippen molar-refractivity contribution in [1.82, 2.24) is 24.5 Å². The summed E-state index contributed by atoms with van der Waals surface area (Å²) in [6.45, 7) is 3.92. The van der Waals surface area contributed by atoms with E-state index in [9.17, 15) is 15.3 Å². The van der Waals surface area contributed by atoms with Crippen LogP contribution in [0.4, 0.5) is 23.1 Å². The predicted octanol–water partition coefficient (Wildman–Crippen LogP) is 3.29. The van der Waals surface area contributed by atoms with Crippen LogP contribution in [0.15, 0.2) is 18.3 Å². The summed E-state index contributed by atoms with van der Waals surface area (Å²) in [5.41, 5.74) is 2.49. The highest BCUT2D eigenvalue weighted by atomic mass is 35.5. The van der Waals surface area contributed by atoms with Gasteiger partial charge in [-0.25, -0.2) is 4.98 Å². The van der Waals surface area contributed by atoms with Gasteiger partial charge in [0.25, 0.3) is 0 Å². The van der Waals surface area contributed by atoms with Crippen LogP contribution in [0.3, 0.4) is 0 Å². The normalized spacial score (nSPS) is 20.9. The number of carbonyl (C=O) groups is 1. The molecule has 3 aromatic rings. The van der Waals surface area contributed by atoms with Crippen molar-refractivity contribution in [3.8, 4) is 12.1 Å². The number of carbonyl (C=O) groups excluding carboxylic acids is 1. The maximum atomic E-state index is 12.0. The van der Waals surface area contributed by atoms with Crippen molar-refractivity contribution in [2.75, 3.05) is 35.2 Å². The molecule has 2 aromatic heterocycles. The van der Waals surface area contributed by atoms with Crippen LogP contribution < -0.4 is 15.5 Å². The number of piperidine rings is 1. The third-order valence-electron chi connectivity index (χ3n) is 7.40. The molecule has 37 heavy (non-hydrogen) atoms. The average molecular weight is 517 g/mol. The first kappa shape index (κ1) is 23.3. The Labute approximate surface area is 218 Å². The van der Waals surface area contributed by atoms with Crippen LogP contribution in [0.25, 0.3) is 5.65 Å². The van der Waals surface area contributed by atoms with Gasteiger partial charge < -0.3 is 20.4 Å². The van der Waals surface area contributed by atoms with Crippen LogP contribution in [0.1, 0.15) is 43.9 Å². The van der Waals surface area contributed by atoms with Crippen LogP contribution in [0.2, 0.25) is 5.02 Å². The van der Waals surface area contributed by atoms with Crippen molar-refractivity contribution in [2.45, 2.75) is 44.7 Å². The summed E-state index contributed by atoms with van der Waals surface area (Å²) in [4.78, 5) is 25.1. The topological polar surface area (TPSA) is 138 Å². The van der Waals surface area contributed by atoms with E-state index in [0.717, 1.165) is 51.0 Å². The number of benzene rings is 1. The van der Waals surface area contributed by atoms with Crippen LogP contribution in [-0.4, -0.2) is 62.1 Å². The van der Waals surface area contributed by atoms with Crippen LogP contribution in [0, 0.1) is 28.6 Å². The van der Waals surface area contributed by atoms with Gasteiger partial charge in [-0.1, -0.05) is 11.6 Å². The molecule has 2 atom stereocenters. The Morgan fingerprint density at radius 2 is 2.00 bits per heavy atom. The number of likely N-dealkylation sites (tertiary alicyclic amines) is 1. The molecule has 1 aliphatic carbocycles. The highest BCUT2D eigenvalue weighted by molar-refractivity contribution is 6.36. The number of rotatable bonds is 5. The van der Waals surface area contributed by atoms with Gasteiger partial charge >= 0.3 is 0 Å². The first-order chi connectivity index (χ1) is 17.9. The number of amides is 1. The van der Waals surface area contributed by atoms with E-state index in [2.05, 4.69) is 42.7 Å². The van der Waals surface area contributed by atoms with Crippen molar-refractivity contribution in [3.63, 3.8) is 0 Å². The monoisotopic (exact) mass is 516 g/mol. The van der Waals surface area contributed by atoms with E-state index in [-0.39, 0.29) is 23.6 Å². The van der Waals surface area contributed by atoms with E-state index in [1.807, 2.05) is 4.90 Å². The fourth-order valence-electron chi connectivity index (χ4n) is 5.44. The smallest absolute Gasteiger partial charge is 0.247 e. The lowest BCUT2D eigenvalue weighted by Gasteiger charge is -2.39. The van der Waals surface area contributed by atoms with E-state index >= 15 is 0 Å². The van der Waals surface area contributed by atoms with Crippen molar-refractivity contribution in [2.24, 2.45) is 5.92 Å². The predicted molar refractivity (Wildman–Crippen MR) is 138 cm³/mol. The summed E-state index contributed by atoms with van der Waals surface area (Å²) < 4.78 is 1.45. The Bertz CT molecular complexity index is 1480. The number of nitrogens with zero attached hydrogens (tertiary/aromatic N) is 8. The average Bonchev–Trinajstić information content (AvgIpc) is 3.44. The molecule has 6 rings (SSSR count).